The van der Waals surface area contributed by atoms with Gasteiger partial charge in [-0.25, -0.2) is 23.7 Å². The van der Waals surface area contributed by atoms with Crippen LogP contribution in [0.4, 0.5) is 10.2 Å². The molecule has 1 saturated carbocycles. The SMILES string of the molecule is CSc1c(C)nn(C2=CC(N)=Nc3c(c(-c4ccc(F)cc4)nn3CC3CC3)CC=N2)c1C. The van der Waals surface area contributed by atoms with Crippen LogP contribution in [0.2, 0.25) is 0 Å². The minimum Gasteiger partial charge on any atom is -0.384 e. The number of amidine groups is 1. The molecule has 1 aromatic carbocycles. The smallest absolute Gasteiger partial charge is 0.157 e. The van der Waals surface area contributed by atoms with Gasteiger partial charge in [-0.15, -0.1) is 11.8 Å². The molecule has 2 aliphatic rings. The van der Waals surface area contributed by atoms with E-state index in [4.69, 9.17) is 20.8 Å². The first-order valence-electron chi connectivity index (χ1n) is 11.0. The van der Waals surface area contributed by atoms with Gasteiger partial charge in [0.15, 0.2) is 11.6 Å². The van der Waals surface area contributed by atoms with E-state index < -0.39 is 0 Å². The second kappa shape index (κ2) is 8.62. The molecule has 33 heavy (non-hydrogen) atoms. The van der Waals surface area contributed by atoms with Gasteiger partial charge in [-0.3, -0.25) is 0 Å². The van der Waals surface area contributed by atoms with Gasteiger partial charge >= 0.3 is 0 Å². The highest BCUT2D eigenvalue weighted by molar-refractivity contribution is 7.98. The quantitative estimate of drug-likeness (QED) is 0.553. The fourth-order valence-corrected chi connectivity index (χ4v) is 4.85. The molecule has 2 N–H and O–H groups in total. The van der Waals surface area contributed by atoms with E-state index in [0.29, 0.717) is 24.0 Å². The van der Waals surface area contributed by atoms with Crippen molar-refractivity contribution in [3.63, 3.8) is 0 Å². The lowest BCUT2D eigenvalue weighted by Crippen LogP contribution is -2.12. The van der Waals surface area contributed by atoms with Gasteiger partial charge in [0.1, 0.15) is 11.7 Å². The monoisotopic (exact) mass is 463 g/mol. The van der Waals surface area contributed by atoms with E-state index in [1.807, 2.05) is 35.7 Å². The van der Waals surface area contributed by atoms with Crippen LogP contribution in [0, 0.1) is 25.6 Å². The second-order valence-corrected chi connectivity index (χ2v) is 9.27. The lowest BCUT2D eigenvalue weighted by Gasteiger charge is -2.06. The topological polar surface area (TPSA) is 86.4 Å². The standard InChI is InChI=1S/C24H26FN7S/c1-14-23(33-3)15(2)32(29-14)21-12-20(26)28-24-19(10-11-27-21)22(17-6-8-18(25)9-7-17)30-31(24)13-16-4-5-16/h6-9,11-12,16H,4-5,10,13H2,1-3H3,(H2,26,28). The number of hydrogen-bond donors (Lipinski definition) is 1. The van der Waals surface area contributed by atoms with E-state index in [0.717, 1.165) is 45.5 Å². The van der Waals surface area contributed by atoms with Gasteiger partial charge in [0.2, 0.25) is 0 Å². The summed E-state index contributed by atoms with van der Waals surface area (Å²) in [5, 5.41) is 9.53. The fourth-order valence-electron chi connectivity index (χ4n) is 4.13. The highest BCUT2D eigenvalue weighted by Crippen LogP contribution is 2.37. The zero-order chi connectivity index (χ0) is 23.1. The lowest BCUT2D eigenvalue weighted by atomic mass is 10.1. The number of rotatable bonds is 5. The molecule has 5 rings (SSSR count). The number of aryl methyl sites for hydroxylation is 1. The number of aliphatic imine (C=N–C) groups is 2. The van der Waals surface area contributed by atoms with Crippen molar-refractivity contribution in [1.29, 1.82) is 0 Å². The van der Waals surface area contributed by atoms with Crippen molar-refractivity contribution in [2.24, 2.45) is 21.6 Å². The summed E-state index contributed by atoms with van der Waals surface area (Å²) < 4.78 is 17.3. The maximum atomic E-state index is 13.5. The van der Waals surface area contributed by atoms with E-state index in [9.17, 15) is 4.39 Å². The molecular formula is C24H26FN7S. The summed E-state index contributed by atoms with van der Waals surface area (Å²) in [5.41, 5.74) is 10.9. The van der Waals surface area contributed by atoms with Crippen LogP contribution in [0.25, 0.3) is 17.1 Å². The minimum atomic E-state index is -0.275. The zero-order valence-corrected chi connectivity index (χ0v) is 19.7. The van der Waals surface area contributed by atoms with Crippen LogP contribution in [0.5, 0.6) is 0 Å². The molecule has 1 aliphatic heterocycles. The maximum absolute atomic E-state index is 13.5. The van der Waals surface area contributed by atoms with Gasteiger partial charge in [-0.2, -0.15) is 10.2 Å². The van der Waals surface area contributed by atoms with E-state index >= 15 is 0 Å². The second-order valence-electron chi connectivity index (χ2n) is 8.45. The largest absolute Gasteiger partial charge is 0.384 e. The molecule has 1 fully saturated rings. The lowest BCUT2D eigenvalue weighted by molar-refractivity contribution is 0.568. The molecule has 0 unspecified atom stereocenters. The van der Waals surface area contributed by atoms with E-state index in [1.165, 1.54) is 25.0 Å². The fraction of sp³-hybridized carbons (Fsp3) is 0.333. The molecule has 7 nitrogen and oxygen atoms in total. The average molecular weight is 464 g/mol. The number of hydrogen-bond acceptors (Lipinski definition) is 6. The number of thioether (sulfide) groups is 1. The van der Waals surface area contributed by atoms with Crippen LogP contribution in [-0.2, 0) is 13.0 Å². The van der Waals surface area contributed by atoms with Crippen LogP contribution in [0.1, 0.15) is 29.8 Å². The Morgan fingerprint density at radius 3 is 2.58 bits per heavy atom. The predicted molar refractivity (Wildman–Crippen MR) is 132 cm³/mol. The molecule has 0 spiro atoms. The number of aromatic nitrogens is 4. The Hall–Kier alpha value is -3.20. The number of nitrogens with zero attached hydrogens (tertiary/aromatic N) is 6. The normalized spacial score (nSPS) is 16.0. The van der Waals surface area contributed by atoms with Crippen LogP contribution >= 0.6 is 11.8 Å². The summed E-state index contributed by atoms with van der Waals surface area (Å²) in [6.45, 7) is 4.81. The Bertz CT molecular complexity index is 1290. The average Bonchev–Trinajstić information content (AvgIpc) is 3.46. The van der Waals surface area contributed by atoms with Gasteiger partial charge in [-0.1, -0.05) is 0 Å². The molecule has 3 aromatic rings. The van der Waals surface area contributed by atoms with Gasteiger partial charge in [0, 0.05) is 36.4 Å². The molecule has 0 radical (unpaired) electrons. The van der Waals surface area contributed by atoms with Gasteiger partial charge < -0.3 is 5.73 Å². The first-order chi connectivity index (χ1) is 15.9. The third-order valence-corrected chi connectivity index (χ3v) is 6.94. The highest BCUT2D eigenvalue weighted by Gasteiger charge is 2.27. The van der Waals surface area contributed by atoms with Crippen LogP contribution < -0.4 is 5.73 Å². The molecule has 0 saturated heterocycles. The van der Waals surface area contributed by atoms with E-state index in [-0.39, 0.29) is 5.82 Å². The van der Waals surface area contributed by atoms with E-state index in [1.54, 1.807) is 30.0 Å². The summed E-state index contributed by atoms with van der Waals surface area (Å²) in [6.07, 6.45) is 8.56. The molecule has 2 aromatic heterocycles. The summed E-state index contributed by atoms with van der Waals surface area (Å²) in [4.78, 5) is 10.6. The van der Waals surface area contributed by atoms with Crippen molar-refractivity contribution < 1.29 is 4.39 Å². The van der Waals surface area contributed by atoms with Crippen molar-refractivity contribution in [2.45, 2.75) is 44.6 Å². The predicted octanol–water partition coefficient (Wildman–Crippen LogP) is 4.75. The Labute approximate surface area is 196 Å². The van der Waals surface area contributed by atoms with Crippen molar-refractivity contribution in [3.8, 4) is 11.3 Å². The molecule has 9 heteroatoms. The summed E-state index contributed by atoms with van der Waals surface area (Å²) in [7, 11) is 0. The summed E-state index contributed by atoms with van der Waals surface area (Å²) >= 11 is 1.66. The Kier molecular flexibility index (Phi) is 5.65. The number of nitrogens with two attached hydrogens (primary N) is 1. The Balaban J connectivity index is 1.61. The van der Waals surface area contributed by atoms with Crippen LogP contribution in [-0.4, -0.2) is 37.9 Å². The molecule has 1 aliphatic carbocycles. The van der Waals surface area contributed by atoms with Gasteiger partial charge in [0.25, 0.3) is 0 Å². The first-order valence-corrected chi connectivity index (χ1v) is 12.2. The molecule has 3 heterocycles. The summed E-state index contributed by atoms with van der Waals surface area (Å²) in [6, 6.07) is 6.40. The van der Waals surface area contributed by atoms with Gasteiger partial charge in [-0.05, 0) is 63.1 Å². The third-order valence-electron chi connectivity index (χ3n) is 5.94. The highest BCUT2D eigenvalue weighted by atomic mass is 32.2. The Morgan fingerprint density at radius 2 is 1.91 bits per heavy atom. The minimum absolute atomic E-state index is 0.275. The number of benzene rings is 1. The maximum Gasteiger partial charge on any atom is 0.157 e. The molecule has 0 atom stereocenters. The van der Waals surface area contributed by atoms with Crippen LogP contribution in [0.3, 0.4) is 0 Å². The number of halogens is 1. The van der Waals surface area contributed by atoms with E-state index in [2.05, 4.69) is 5.10 Å². The molecule has 0 amide bonds. The van der Waals surface area contributed by atoms with Crippen LogP contribution in [0.15, 0.2) is 45.2 Å². The van der Waals surface area contributed by atoms with Crippen molar-refractivity contribution in [3.05, 3.63) is 53.1 Å². The molecular weight excluding hydrogens is 437 g/mol. The number of fused-ring (bicyclic) bond motifs is 1. The van der Waals surface area contributed by atoms with Crippen molar-refractivity contribution in [1.82, 2.24) is 19.6 Å². The summed E-state index contributed by atoms with van der Waals surface area (Å²) in [5.74, 6) is 2.03. The van der Waals surface area contributed by atoms with Crippen molar-refractivity contribution >= 4 is 35.5 Å². The zero-order valence-electron chi connectivity index (χ0n) is 18.9. The third kappa shape index (κ3) is 4.25. The Morgan fingerprint density at radius 1 is 1.15 bits per heavy atom. The first kappa shape index (κ1) is 21.6. The molecule has 170 valence electrons. The van der Waals surface area contributed by atoms with Gasteiger partial charge in [0.05, 0.1) is 22.0 Å². The van der Waals surface area contributed by atoms with Crippen molar-refractivity contribution in [2.75, 3.05) is 6.26 Å². The molecule has 0 bridgehead atoms.